The predicted octanol–water partition coefficient (Wildman–Crippen LogP) is 4.75. The summed E-state index contributed by atoms with van der Waals surface area (Å²) in [6.07, 6.45) is 5.04. The van der Waals surface area contributed by atoms with Crippen LogP contribution in [0.1, 0.15) is 56.5 Å². The molecule has 2 nitrogen and oxygen atoms in total. The van der Waals surface area contributed by atoms with Crippen molar-refractivity contribution in [1.29, 1.82) is 0 Å². The fraction of sp³-hybridized carbons (Fsp3) is 0.500. The van der Waals surface area contributed by atoms with Crippen LogP contribution in [-0.2, 0) is 0 Å². The lowest BCUT2D eigenvalue weighted by Gasteiger charge is -2.06. The van der Waals surface area contributed by atoms with Crippen LogP contribution in [0, 0.1) is 6.92 Å². The lowest BCUT2D eigenvalue weighted by molar-refractivity contribution is 0.139. The minimum Gasteiger partial charge on any atom is -0.458 e. The highest BCUT2D eigenvalue weighted by molar-refractivity contribution is 5.80. The smallest absolute Gasteiger partial charge is 0.137 e. The van der Waals surface area contributed by atoms with Crippen LogP contribution >= 0.6 is 0 Å². The van der Waals surface area contributed by atoms with E-state index in [1.807, 2.05) is 31.2 Å². The van der Waals surface area contributed by atoms with Gasteiger partial charge in [0.2, 0.25) is 0 Å². The van der Waals surface area contributed by atoms with Gasteiger partial charge in [-0.05, 0) is 25.0 Å². The second kappa shape index (κ2) is 6.05. The van der Waals surface area contributed by atoms with Gasteiger partial charge in [-0.2, -0.15) is 0 Å². The first-order valence-electron chi connectivity index (χ1n) is 6.89. The third kappa shape index (κ3) is 2.94. The molecule has 0 amide bonds. The summed E-state index contributed by atoms with van der Waals surface area (Å²) in [5, 5.41) is 11.2. The van der Waals surface area contributed by atoms with Crippen molar-refractivity contribution >= 4 is 11.0 Å². The van der Waals surface area contributed by atoms with E-state index in [-0.39, 0.29) is 0 Å². The number of para-hydroxylation sites is 1. The van der Waals surface area contributed by atoms with E-state index in [1.165, 1.54) is 19.3 Å². The summed E-state index contributed by atoms with van der Waals surface area (Å²) in [5.74, 6) is 0.704. The van der Waals surface area contributed by atoms with Crippen molar-refractivity contribution in [3.8, 4) is 0 Å². The number of hydrogen-bond acceptors (Lipinski definition) is 2. The Morgan fingerprint density at radius 1 is 1.22 bits per heavy atom. The summed E-state index contributed by atoms with van der Waals surface area (Å²) in [6, 6.07) is 8.04. The average Bonchev–Trinajstić information content (AvgIpc) is 2.80. The number of aryl methyl sites for hydroxylation is 1. The molecular formula is C16H22O2. The van der Waals surface area contributed by atoms with Gasteiger partial charge in [0.25, 0.3) is 0 Å². The van der Waals surface area contributed by atoms with Crippen LogP contribution in [0.15, 0.2) is 28.7 Å². The molecule has 0 saturated carbocycles. The number of rotatable bonds is 6. The predicted molar refractivity (Wildman–Crippen MR) is 74.7 cm³/mol. The molecule has 2 heteroatoms. The van der Waals surface area contributed by atoms with Crippen molar-refractivity contribution in [1.82, 2.24) is 0 Å². The van der Waals surface area contributed by atoms with Gasteiger partial charge in [-0.3, -0.25) is 0 Å². The van der Waals surface area contributed by atoms with E-state index in [2.05, 4.69) is 6.92 Å². The molecule has 1 N–H and O–H groups in total. The van der Waals surface area contributed by atoms with Crippen LogP contribution in [0.4, 0.5) is 0 Å². The summed E-state index contributed by atoms with van der Waals surface area (Å²) >= 11 is 0. The van der Waals surface area contributed by atoms with Crippen LogP contribution in [0.3, 0.4) is 0 Å². The van der Waals surface area contributed by atoms with Gasteiger partial charge < -0.3 is 9.52 Å². The van der Waals surface area contributed by atoms with Crippen LogP contribution < -0.4 is 0 Å². The monoisotopic (exact) mass is 246 g/mol. The van der Waals surface area contributed by atoms with Gasteiger partial charge in [-0.15, -0.1) is 0 Å². The first-order chi connectivity index (χ1) is 8.72. The molecule has 18 heavy (non-hydrogen) atoms. The Labute approximate surface area is 109 Å². The number of aliphatic hydroxyl groups excluding tert-OH is 1. The number of furan rings is 1. The number of aliphatic hydroxyl groups is 1. The molecule has 1 aromatic carbocycles. The average molecular weight is 246 g/mol. The number of fused-ring (bicyclic) bond motifs is 1. The zero-order chi connectivity index (χ0) is 13.0. The minimum absolute atomic E-state index is 0.464. The van der Waals surface area contributed by atoms with Crippen LogP contribution in [0.5, 0.6) is 0 Å². The summed E-state index contributed by atoms with van der Waals surface area (Å²) in [5.41, 5.74) is 2.03. The SMILES string of the molecule is CCCCCCC(O)c1cc2cccc(C)c2o1. The molecule has 0 aliphatic rings. The van der Waals surface area contributed by atoms with E-state index in [4.69, 9.17) is 4.42 Å². The quantitative estimate of drug-likeness (QED) is 0.746. The molecule has 0 aliphatic heterocycles. The Bertz CT molecular complexity index is 499. The summed E-state index contributed by atoms with van der Waals surface area (Å²) in [7, 11) is 0. The molecular weight excluding hydrogens is 224 g/mol. The Morgan fingerprint density at radius 2 is 2.06 bits per heavy atom. The van der Waals surface area contributed by atoms with Gasteiger partial charge in [0.1, 0.15) is 17.4 Å². The van der Waals surface area contributed by atoms with E-state index in [1.54, 1.807) is 0 Å². The second-order valence-electron chi connectivity index (χ2n) is 5.01. The lowest BCUT2D eigenvalue weighted by atomic mass is 10.1. The Morgan fingerprint density at radius 3 is 2.78 bits per heavy atom. The molecule has 2 aromatic rings. The van der Waals surface area contributed by atoms with Crippen molar-refractivity contribution in [2.24, 2.45) is 0 Å². The summed E-state index contributed by atoms with van der Waals surface area (Å²) < 4.78 is 5.77. The summed E-state index contributed by atoms with van der Waals surface area (Å²) in [4.78, 5) is 0. The molecule has 1 heterocycles. The van der Waals surface area contributed by atoms with Crippen molar-refractivity contribution in [3.05, 3.63) is 35.6 Å². The van der Waals surface area contributed by atoms with Crippen molar-refractivity contribution in [2.75, 3.05) is 0 Å². The largest absolute Gasteiger partial charge is 0.458 e. The van der Waals surface area contributed by atoms with Crippen molar-refractivity contribution < 1.29 is 9.52 Å². The zero-order valence-corrected chi connectivity index (χ0v) is 11.3. The normalized spacial score (nSPS) is 13.1. The number of unbranched alkanes of at least 4 members (excludes halogenated alkanes) is 3. The van der Waals surface area contributed by atoms with Crippen molar-refractivity contribution in [2.45, 2.75) is 52.1 Å². The highest BCUT2D eigenvalue weighted by Gasteiger charge is 2.13. The Balaban J connectivity index is 2.04. The summed E-state index contributed by atoms with van der Waals surface area (Å²) in [6.45, 7) is 4.22. The van der Waals surface area contributed by atoms with Crippen LogP contribution in [0.25, 0.3) is 11.0 Å². The molecule has 0 fully saturated rings. The minimum atomic E-state index is -0.464. The maximum Gasteiger partial charge on any atom is 0.137 e. The molecule has 1 atom stereocenters. The first kappa shape index (κ1) is 13.2. The van der Waals surface area contributed by atoms with E-state index in [0.29, 0.717) is 5.76 Å². The molecule has 2 rings (SSSR count). The van der Waals surface area contributed by atoms with Gasteiger partial charge in [-0.1, -0.05) is 50.8 Å². The molecule has 0 bridgehead atoms. The van der Waals surface area contributed by atoms with E-state index < -0.39 is 6.10 Å². The molecule has 0 radical (unpaired) electrons. The molecule has 0 aliphatic carbocycles. The second-order valence-corrected chi connectivity index (χ2v) is 5.01. The Hall–Kier alpha value is -1.28. The van der Waals surface area contributed by atoms with Crippen molar-refractivity contribution in [3.63, 3.8) is 0 Å². The molecule has 98 valence electrons. The molecule has 0 saturated heterocycles. The van der Waals surface area contributed by atoms with Gasteiger partial charge >= 0.3 is 0 Å². The van der Waals surface area contributed by atoms with Gasteiger partial charge in [-0.25, -0.2) is 0 Å². The van der Waals surface area contributed by atoms with E-state index in [9.17, 15) is 5.11 Å². The highest BCUT2D eigenvalue weighted by Crippen LogP contribution is 2.28. The topological polar surface area (TPSA) is 33.4 Å². The Kier molecular flexibility index (Phi) is 4.43. The van der Waals surface area contributed by atoms with Crippen LogP contribution in [0.2, 0.25) is 0 Å². The standard InChI is InChI=1S/C16H22O2/c1-3-4-5-6-10-14(17)15-11-13-9-7-8-12(2)16(13)18-15/h7-9,11,14,17H,3-6,10H2,1-2H3. The van der Waals surface area contributed by atoms with Crippen LogP contribution in [-0.4, -0.2) is 5.11 Å². The third-order valence-corrected chi connectivity index (χ3v) is 3.42. The third-order valence-electron chi connectivity index (χ3n) is 3.42. The number of benzene rings is 1. The highest BCUT2D eigenvalue weighted by atomic mass is 16.4. The molecule has 1 unspecified atom stereocenters. The number of hydrogen-bond donors (Lipinski definition) is 1. The molecule has 1 aromatic heterocycles. The van der Waals surface area contributed by atoms with E-state index in [0.717, 1.165) is 29.4 Å². The van der Waals surface area contributed by atoms with Gasteiger partial charge in [0, 0.05) is 5.39 Å². The molecule has 0 spiro atoms. The zero-order valence-electron chi connectivity index (χ0n) is 11.3. The maximum atomic E-state index is 10.1. The van der Waals surface area contributed by atoms with Gasteiger partial charge in [0.05, 0.1) is 0 Å². The maximum absolute atomic E-state index is 10.1. The fourth-order valence-corrected chi connectivity index (χ4v) is 2.30. The first-order valence-corrected chi connectivity index (χ1v) is 6.89. The lowest BCUT2D eigenvalue weighted by Crippen LogP contribution is -1.95. The van der Waals surface area contributed by atoms with Gasteiger partial charge in [0.15, 0.2) is 0 Å². The van der Waals surface area contributed by atoms with E-state index >= 15 is 0 Å². The fourth-order valence-electron chi connectivity index (χ4n) is 2.30.